The predicted molar refractivity (Wildman–Crippen MR) is 78.8 cm³/mol. The molecule has 0 N–H and O–H groups in total. The van der Waals surface area contributed by atoms with Crippen LogP contribution in [0.25, 0.3) is 22.2 Å². The zero-order valence-corrected chi connectivity index (χ0v) is 11.5. The Morgan fingerprint density at radius 2 is 1.95 bits per heavy atom. The molecule has 2 aromatic carbocycles. The first kappa shape index (κ1) is 12.3. The first-order chi connectivity index (χ1) is 10.3. The molecular formula is C17H14N2O2. The molecule has 104 valence electrons. The van der Waals surface area contributed by atoms with Crippen molar-refractivity contribution in [2.75, 3.05) is 0 Å². The highest BCUT2D eigenvalue weighted by Gasteiger charge is 2.31. The van der Waals surface area contributed by atoms with E-state index in [2.05, 4.69) is 22.3 Å². The Bertz CT molecular complexity index is 822. The fourth-order valence-corrected chi connectivity index (χ4v) is 2.90. The average Bonchev–Trinajstić information content (AvgIpc) is 3.15. The standard InChI is InChI=1S/C17H14N2O2/c20-15-7-3-6-14(15)17-18-16(19-21-17)13-9-8-11-4-1-2-5-12(11)10-13/h1-2,4-5,8-10,14H,3,6-7H2. The van der Waals surface area contributed by atoms with Crippen molar-refractivity contribution < 1.29 is 9.32 Å². The number of carbonyl (C=O) groups is 1. The minimum Gasteiger partial charge on any atom is -0.338 e. The van der Waals surface area contributed by atoms with Gasteiger partial charge in [-0.2, -0.15) is 4.98 Å². The minimum atomic E-state index is -0.202. The quantitative estimate of drug-likeness (QED) is 0.716. The van der Waals surface area contributed by atoms with Crippen molar-refractivity contribution >= 4 is 16.6 Å². The van der Waals surface area contributed by atoms with E-state index >= 15 is 0 Å². The van der Waals surface area contributed by atoms with Crippen LogP contribution in [0.15, 0.2) is 47.0 Å². The molecule has 1 aliphatic rings. The molecule has 0 bridgehead atoms. The molecule has 0 saturated heterocycles. The van der Waals surface area contributed by atoms with Gasteiger partial charge in [-0.3, -0.25) is 4.79 Å². The molecule has 3 aromatic rings. The Balaban J connectivity index is 1.72. The molecule has 1 unspecified atom stereocenters. The van der Waals surface area contributed by atoms with Gasteiger partial charge in [0.25, 0.3) is 0 Å². The Hall–Kier alpha value is -2.49. The average molecular weight is 278 g/mol. The minimum absolute atomic E-state index is 0.202. The van der Waals surface area contributed by atoms with Crippen molar-refractivity contribution in [1.82, 2.24) is 10.1 Å². The largest absolute Gasteiger partial charge is 0.338 e. The van der Waals surface area contributed by atoms with E-state index in [-0.39, 0.29) is 11.7 Å². The summed E-state index contributed by atoms with van der Waals surface area (Å²) in [5, 5.41) is 6.35. The molecule has 4 nitrogen and oxygen atoms in total. The van der Waals surface area contributed by atoms with E-state index in [0.717, 1.165) is 23.8 Å². The van der Waals surface area contributed by atoms with Gasteiger partial charge >= 0.3 is 0 Å². The van der Waals surface area contributed by atoms with Gasteiger partial charge < -0.3 is 4.52 Å². The van der Waals surface area contributed by atoms with Gasteiger partial charge in [-0.25, -0.2) is 0 Å². The van der Waals surface area contributed by atoms with E-state index in [4.69, 9.17) is 4.52 Å². The zero-order chi connectivity index (χ0) is 14.2. The molecule has 1 atom stereocenters. The number of Topliss-reactive ketones (excluding diaryl/α,β-unsaturated/α-hetero) is 1. The highest BCUT2D eigenvalue weighted by molar-refractivity contribution is 5.87. The highest BCUT2D eigenvalue weighted by Crippen LogP contribution is 2.31. The van der Waals surface area contributed by atoms with E-state index in [1.54, 1.807) is 0 Å². The van der Waals surface area contributed by atoms with Crippen LogP contribution in [-0.4, -0.2) is 15.9 Å². The van der Waals surface area contributed by atoms with Gasteiger partial charge in [0.1, 0.15) is 5.78 Å². The van der Waals surface area contributed by atoms with Crippen molar-refractivity contribution in [3.8, 4) is 11.4 Å². The van der Waals surface area contributed by atoms with Crippen molar-refractivity contribution in [3.05, 3.63) is 48.4 Å². The molecule has 21 heavy (non-hydrogen) atoms. The number of hydrogen-bond acceptors (Lipinski definition) is 4. The Kier molecular flexibility index (Phi) is 2.81. The summed E-state index contributed by atoms with van der Waals surface area (Å²) in [6.45, 7) is 0. The highest BCUT2D eigenvalue weighted by atomic mass is 16.5. The molecule has 0 aliphatic heterocycles. The van der Waals surface area contributed by atoms with Crippen molar-refractivity contribution in [3.63, 3.8) is 0 Å². The van der Waals surface area contributed by atoms with Crippen LogP contribution in [0.2, 0.25) is 0 Å². The van der Waals surface area contributed by atoms with Crippen LogP contribution >= 0.6 is 0 Å². The van der Waals surface area contributed by atoms with Crippen LogP contribution in [0, 0.1) is 0 Å². The maximum Gasteiger partial charge on any atom is 0.237 e. The summed E-state index contributed by atoms with van der Waals surface area (Å²) in [6.07, 6.45) is 2.35. The normalized spacial score (nSPS) is 18.5. The maximum absolute atomic E-state index is 11.8. The summed E-state index contributed by atoms with van der Waals surface area (Å²) < 4.78 is 5.30. The molecular weight excluding hydrogens is 264 g/mol. The second kappa shape index (κ2) is 4.81. The van der Waals surface area contributed by atoms with Crippen molar-refractivity contribution in [2.45, 2.75) is 25.2 Å². The van der Waals surface area contributed by atoms with Crippen LogP contribution in [0.5, 0.6) is 0 Å². The SMILES string of the molecule is O=C1CCCC1c1nc(-c2ccc3ccccc3c2)no1. The van der Waals surface area contributed by atoms with E-state index in [1.807, 2.05) is 30.3 Å². The number of ketones is 1. The van der Waals surface area contributed by atoms with Crippen LogP contribution < -0.4 is 0 Å². The third-order valence-corrected chi connectivity index (χ3v) is 4.05. The fraction of sp³-hybridized carbons (Fsp3) is 0.235. The molecule has 4 heteroatoms. The number of aromatic nitrogens is 2. The lowest BCUT2D eigenvalue weighted by Crippen LogP contribution is -2.04. The van der Waals surface area contributed by atoms with Crippen LogP contribution in [0.1, 0.15) is 31.1 Å². The van der Waals surface area contributed by atoms with Crippen LogP contribution in [0.3, 0.4) is 0 Å². The van der Waals surface area contributed by atoms with Gasteiger partial charge in [0.05, 0.1) is 5.92 Å². The van der Waals surface area contributed by atoms with Gasteiger partial charge in [-0.05, 0) is 29.7 Å². The molecule has 1 aliphatic carbocycles. The second-order valence-corrected chi connectivity index (χ2v) is 5.43. The Morgan fingerprint density at radius 1 is 1.10 bits per heavy atom. The van der Waals surface area contributed by atoms with Gasteiger partial charge in [-0.1, -0.05) is 41.6 Å². The number of benzene rings is 2. The lowest BCUT2D eigenvalue weighted by molar-refractivity contribution is -0.119. The number of rotatable bonds is 2. The van der Waals surface area contributed by atoms with E-state index < -0.39 is 0 Å². The van der Waals surface area contributed by atoms with E-state index in [1.165, 1.54) is 5.39 Å². The summed E-state index contributed by atoms with van der Waals surface area (Å²) in [6, 6.07) is 14.2. The van der Waals surface area contributed by atoms with Crippen LogP contribution in [0.4, 0.5) is 0 Å². The first-order valence-corrected chi connectivity index (χ1v) is 7.17. The van der Waals surface area contributed by atoms with Crippen molar-refractivity contribution in [1.29, 1.82) is 0 Å². The lowest BCUT2D eigenvalue weighted by Gasteiger charge is -2.00. The van der Waals surface area contributed by atoms with E-state index in [0.29, 0.717) is 18.1 Å². The second-order valence-electron chi connectivity index (χ2n) is 5.43. The first-order valence-electron chi connectivity index (χ1n) is 7.17. The zero-order valence-electron chi connectivity index (χ0n) is 11.5. The van der Waals surface area contributed by atoms with Crippen LogP contribution in [-0.2, 0) is 4.79 Å². The molecule has 0 amide bonds. The Morgan fingerprint density at radius 3 is 2.76 bits per heavy atom. The molecule has 0 radical (unpaired) electrons. The smallest absolute Gasteiger partial charge is 0.237 e. The summed E-state index contributed by atoms with van der Waals surface area (Å²) in [5.74, 6) is 1.02. The summed E-state index contributed by atoms with van der Waals surface area (Å²) >= 11 is 0. The lowest BCUT2D eigenvalue weighted by atomic mass is 10.1. The monoisotopic (exact) mass is 278 g/mol. The third-order valence-electron chi connectivity index (χ3n) is 4.05. The van der Waals surface area contributed by atoms with Crippen molar-refractivity contribution in [2.24, 2.45) is 0 Å². The fourth-order valence-electron chi connectivity index (χ4n) is 2.90. The molecule has 4 rings (SSSR count). The molecule has 0 spiro atoms. The Labute approximate surface area is 121 Å². The van der Waals surface area contributed by atoms with Gasteiger partial charge in [0, 0.05) is 12.0 Å². The molecule has 1 heterocycles. The summed E-state index contributed by atoms with van der Waals surface area (Å²) in [5.41, 5.74) is 0.911. The van der Waals surface area contributed by atoms with Gasteiger partial charge in [-0.15, -0.1) is 0 Å². The molecule has 1 saturated carbocycles. The third kappa shape index (κ3) is 2.13. The number of fused-ring (bicyclic) bond motifs is 1. The topological polar surface area (TPSA) is 56.0 Å². The molecule has 1 fully saturated rings. The predicted octanol–water partition coefficient (Wildman–Crippen LogP) is 3.73. The number of hydrogen-bond donors (Lipinski definition) is 0. The summed E-state index contributed by atoms with van der Waals surface area (Å²) in [7, 11) is 0. The van der Waals surface area contributed by atoms with E-state index in [9.17, 15) is 4.79 Å². The summed E-state index contributed by atoms with van der Waals surface area (Å²) in [4.78, 5) is 16.2. The van der Waals surface area contributed by atoms with Gasteiger partial charge in [0.15, 0.2) is 0 Å². The number of carbonyl (C=O) groups excluding carboxylic acids is 1. The maximum atomic E-state index is 11.8. The number of nitrogens with zero attached hydrogens (tertiary/aromatic N) is 2. The van der Waals surface area contributed by atoms with Gasteiger partial charge in [0.2, 0.25) is 11.7 Å². The molecule has 1 aromatic heterocycles.